The van der Waals surface area contributed by atoms with Crippen LogP contribution in [0.15, 0.2) is 46.9 Å². The average molecular weight is 289 g/mol. The summed E-state index contributed by atoms with van der Waals surface area (Å²) in [6, 6.07) is 15.6. The van der Waals surface area contributed by atoms with Crippen LogP contribution in [0.3, 0.4) is 0 Å². The molecule has 0 radical (unpaired) electrons. The minimum absolute atomic E-state index is 1.19. The number of rotatable bonds is 0. The molecule has 0 aliphatic carbocycles. The zero-order valence-electron chi connectivity index (χ0n) is 9.42. The lowest BCUT2D eigenvalue weighted by Crippen LogP contribution is -2.49. The molecular formula is C14H13BrSi. The molecule has 16 heavy (non-hydrogen) atoms. The molecule has 0 saturated carbocycles. The summed E-state index contributed by atoms with van der Waals surface area (Å²) in [5.74, 6) is 0. The van der Waals surface area contributed by atoms with Crippen molar-refractivity contribution < 1.29 is 0 Å². The molecular weight excluding hydrogens is 276 g/mol. The molecule has 0 N–H and O–H groups in total. The molecule has 0 saturated heterocycles. The largest absolute Gasteiger partial charge is 0.113 e. The van der Waals surface area contributed by atoms with Gasteiger partial charge in [-0.25, -0.2) is 0 Å². The Bertz CT molecular complexity index is 573. The van der Waals surface area contributed by atoms with E-state index in [1.165, 1.54) is 15.6 Å². The molecule has 2 heteroatoms. The van der Waals surface area contributed by atoms with Gasteiger partial charge < -0.3 is 0 Å². The Morgan fingerprint density at radius 2 is 1.56 bits per heavy atom. The summed E-state index contributed by atoms with van der Waals surface area (Å²) >= 11 is 3.58. The van der Waals surface area contributed by atoms with Crippen molar-refractivity contribution in [1.29, 1.82) is 0 Å². The van der Waals surface area contributed by atoms with E-state index in [9.17, 15) is 0 Å². The van der Waals surface area contributed by atoms with E-state index in [0.29, 0.717) is 0 Å². The summed E-state index contributed by atoms with van der Waals surface area (Å²) < 4.78 is 1.19. The zero-order valence-corrected chi connectivity index (χ0v) is 12.0. The van der Waals surface area contributed by atoms with Crippen molar-refractivity contribution in [2.75, 3.05) is 0 Å². The standard InChI is InChI=1S/C14H13BrSi/c1-16(2)13-6-4-3-5-11(13)12-8-7-10(15)9-14(12)16/h3-9H,1-2H3. The first kappa shape index (κ1) is 10.3. The van der Waals surface area contributed by atoms with E-state index in [1.54, 1.807) is 10.4 Å². The average Bonchev–Trinajstić information content (AvgIpc) is 2.49. The van der Waals surface area contributed by atoms with Crippen LogP contribution in [0.25, 0.3) is 11.1 Å². The molecule has 0 spiro atoms. The van der Waals surface area contributed by atoms with Gasteiger partial charge in [-0.15, -0.1) is 0 Å². The molecule has 2 aromatic rings. The minimum Gasteiger partial charge on any atom is -0.0623 e. The molecule has 3 rings (SSSR count). The summed E-state index contributed by atoms with van der Waals surface area (Å²) in [5.41, 5.74) is 2.89. The maximum Gasteiger partial charge on any atom is 0.113 e. The van der Waals surface area contributed by atoms with Gasteiger partial charge in [-0.05, 0) is 33.6 Å². The van der Waals surface area contributed by atoms with Crippen molar-refractivity contribution in [2.24, 2.45) is 0 Å². The molecule has 0 unspecified atom stereocenters. The van der Waals surface area contributed by atoms with E-state index in [0.717, 1.165) is 0 Å². The minimum atomic E-state index is -1.44. The second-order valence-electron chi connectivity index (χ2n) is 4.86. The van der Waals surface area contributed by atoms with E-state index in [4.69, 9.17) is 0 Å². The highest BCUT2D eigenvalue weighted by Gasteiger charge is 2.36. The van der Waals surface area contributed by atoms with Crippen LogP contribution in [0.4, 0.5) is 0 Å². The van der Waals surface area contributed by atoms with Gasteiger partial charge in [0, 0.05) is 4.47 Å². The molecule has 0 fully saturated rings. The second-order valence-corrected chi connectivity index (χ2v) is 10.1. The van der Waals surface area contributed by atoms with Crippen LogP contribution >= 0.6 is 15.9 Å². The smallest absolute Gasteiger partial charge is 0.0623 e. The Morgan fingerprint density at radius 3 is 2.38 bits per heavy atom. The maximum atomic E-state index is 3.58. The van der Waals surface area contributed by atoms with Crippen molar-refractivity contribution in [3.05, 3.63) is 46.9 Å². The van der Waals surface area contributed by atoms with Gasteiger partial charge in [-0.3, -0.25) is 0 Å². The third-order valence-electron chi connectivity index (χ3n) is 3.55. The van der Waals surface area contributed by atoms with Gasteiger partial charge in [0.1, 0.15) is 8.07 Å². The van der Waals surface area contributed by atoms with E-state index in [1.807, 2.05) is 0 Å². The zero-order chi connectivity index (χ0) is 11.3. The van der Waals surface area contributed by atoms with E-state index < -0.39 is 8.07 Å². The van der Waals surface area contributed by atoms with Gasteiger partial charge in [0.15, 0.2) is 0 Å². The Morgan fingerprint density at radius 1 is 0.875 bits per heavy atom. The fourth-order valence-electron chi connectivity index (χ4n) is 2.68. The molecule has 1 aliphatic heterocycles. The molecule has 80 valence electrons. The first-order valence-electron chi connectivity index (χ1n) is 5.50. The van der Waals surface area contributed by atoms with Crippen molar-refractivity contribution in [3.8, 4) is 11.1 Å². The fraction of sp³-hybridized carbons (Fsp3) is 0.143. The van der Waals surface area contributed by atoms with Crippen LogP contribution < -0.4 is 10.4 Å². The van der Waals surface area contributed by atoms with Crippen LogP contribution in [0, 0.1) is 0 Å². The lowest BCUT2D eigenvalue weighted by molar-refractivity contribution is 1.67. The van der Waals surface area contributed by atoms with E-state index in [2.05, 4.69) is 71.5 Å². The monoisotopic (exact) mass is 288 g/mol. The third kappa shape index (κ3) is 1.26. The van der Waals surface area contributed by atoms with E-state index in [-0.39, 0.29) is 0 Å². The summed E-state index contributed by atoms with van der Waals surface area (Å²) in [5, 5.41) is 3.13. The lowest BCUT2D eigenvalue weighted by atomic mass is 10.1. The van der Waals surface area contributed by atoms with Crippen LogP contribution in [0.1, 0.15) is 0 Å². The molecule has 1 heterocycles. The molecule has 0 bridgehead atoms. The Hall–Kier alpha value is -0.863. The summed E-state index contributed by atoms with van der Waals surface area (Å²) in [7, 11) is -1.44. The first-order chi connectivity index (χ1) is 7.60. The predicted molar refractivity (Wildman–Crippen MR) is 76.3 cm³/mol. The number of benzene rings is 2. The quantitative estimate of drug-likeness (QED) is 0.653. The van der Waals surface area contributed by atoms with Crippen molar-refractivity contribution >= 4 is 34.4 Å². The highest BCUT2D eigenvalue weighted by Crippen LogP contribution is 2.29. The second kappa shape index (κ2) is 3.31. The molecule has 0 aromatic heterocycles. The van der Waals surface area contributed by atoms with Gasteiger partial charge in [0.05, 0.1) is 0 Å². The summed E-state index contributed by atoms with van der Waals surface area (Å²) in [6.45, 7) is 4.87. The SMILES string of the molecule is C[Si]1(C)c2ccccc2-c2ccc(Br)cc21. The van der Waals surface area contributed by atoms with Crippen molar-refractivity contribution in [2.45, 2.75) is 13.1 Å². The van der Waals surface area contributed by atoms with Crippen molar-refractivity contribution in [1.82, 2.24) is 0 Å². The van der Waals surface area contributed by atoms with Gasteiger partial charge in [-0.2, -0.15) is 0 Å². The van der Waals surface area contributed by atoms with Crippen LogP contribution in [-0.2, 0) is 0 Å². The van der Waals surface area contributed by atoms with Crippen LogP contribution in [0.2, 0.25) is 13.1 Å². The molecule has 0 amide bonds. The number of fused-ring (bicyclic) bond motifs is 3. The Kier molecular flexibility index (Phi) is 2.13. The third-order valence-corrected chi connectivity index (χ3v) is 7.58. The highest BCUT2D eigenvalue weighted by atomic mass is 79.9. The number of halogens is 1. The molecule has 0 nitrogen and oxygen atoms in total. The topological polar surface area (TPSA) is 0 Å². The maximum absolute atomic E-state index is 3.58. The van der Waals surface area contributed by atoms with Crippen LogP contribution in [-0.4, -0.2) is 8.07 Å². The Labute approximate surface area is 105 Å². The van der Waals surface area contributed by atoms with Gasteiger partial charge in [0.25, 0.3) is 0 Å². The predicted octanol–water partition coefficient (Wildman–Crippen LogP) is 3.25. The van der Waals surface area contributed by atoms with Crippen molar-refractivity contribution in [3.63, 3.8) is 0 Å². The lowest BCUT2D eigenvalue weighted by Gasteiger charge is -2.18. The first-order valence-corrected chi connectivity index (χ1v) is 9.30. The van der Waals surface area contributed by atoms with Gasteiger partial charge >= 0.3 is 0 Å². The fourth-order valence-corrected chi connectivity index (χ4v) is 6.35. The molecule has 1 aliphatic rings. The Balaban J connectivity index is 2.39. The van der Waals surface area contributed by atoms with E-state index >= 15 is 0 Å². The number of hydrogen-bond acceptors (Lipinski definition) is 0. The summed E-state index contributed by atoms with van der Waals surface area (Å²) in [6.07, 6.45) is 0. The van der Waals surface area contributed by atoms with Gasteiger partial charge in [0.2, 0.25) is 0 Å². The van der Waals surface area contributed by atoms with Crippen LogP contribution in [0.5, 0.6) is 0 Å². The molecule has 2 aromatic carbocycles. The normalized spacial score (nSPS) is 15.7. The summed E-state index contributed by atoms with van der Waals surface area (Å²) in [4.78, 5) is 0. The molecule has 0 atom stereocenters. The highest BCUT2D eigenvalue weighted by molar-refractivity contribution is 9.10. The number of hydrogen-bond donors (Lipinski definition) is 0. The van der Waals surface area contributed by atoms with Gasteiger partial charge in [-0.1, -0.05) is 59.4 Å².